The van der Waals surface area contributed by atoms with Gasteiger partial charge < -0.3 is 14.8 Å². The minimum absolute atomic E-state index is 0.0724. The molecule has 0 aromatic heterocycles. The van der Waals surface area contributed by atoms with E-state index in [0.29, 0.717) is 44.0 Å². The number of hydrogen-bond acceptors (Lipinski definition) is 6. The van der Waals surface area contributed by atoms with Crippen molar-refractivity contribution in [2.24, 2.45) is 5.92 Å². The van der Waals surface area contributed by atoms with Gasteiger partial charge in [0.2, 0.25) is 15.9 Å². The second-order valence-electron chi connectivity index (χ2n) is 9.10. The van der Waals surface area contributed by atoms with Gasteiger partial charge in [0.05, 0.1) is 34.5 Å². The van der Waals surface area contributed by atoms with Crippen LogP contribution in [0.2, 0.25) is 5.02 Å². The maximum atomic E-state index is 13.2. The molecular weight excluding hydrogens is 504 g/mol. The number of sulfonamides is 1. The van der Waals surface area contributed by atoms with Gasteiger partial charge in [0.1, 0.15) is 5.75 Å². The minimum Gasteiger partial charge on any atom is -0.492 e. The predicted octanol–water partition coefficient (Wildman–Crippen LogP) is 4.37. The zero-order chi connectivity index (χ0) is 25.9. The smallest absolute Gasteiger partial charge is 0.316 e. The molecule has 8 nitrogen and oxygen atoms in total. The van der Waals surface area contributed by atoms with E-state index in [0.717, 1.165) is 18.4 Å². The molecule has 2 aliphatic rings. The number of ether oxygens (including phenoxy) is 2. The van der Waals surface area contributed by atoms with E-state index in [-0.39, 0.29) is 28.3 Å². The first-order valence-corrected chi connectivity index (χ1v) is 14.0. The molecule has 0 spiro atoms. The highest BCUT2D eigenvalue weighted by atomic mass is 35.5. The van der Waals surface area contributed by atoms with Crippen molar-refractivity contribution in [2.75, 3.05) is 31.6 Å². The topological polar surface area (TPSA) is 102 Å². The average Bonchev–Trinajstić information content (AvgIpc) is 3.68. The van der Waals surface area contributed by atoms with Gasteiger partial charge in [-0.15, -0.1) is 0 Å². The molecule has 1 aliphatic heterocycles. The summed E-state index contributed by atoms with van der Waals surface area (Å²) in [6.07, 6.45) is 2.67. The van der Waals surface area contributed by atoms with Crippen LogP contribution in [-0.2, 0) is 29.8 Å². The Kier molecular flexibility index (Phi) is 7.92. The van der Waals surface area contributed by atoms with E-state index >= 15 is 0 Å². The van der Waals surface area contributed by atoms with Gasteiger partial charge in [0, 0.05) is 18.8 Å². The SMILES string of the molecule is CCOC(=O)C1(c2ccc(NC(=O)[C@H]3CCCN(S(=O)(=O)c4ccc(OCC)c(Cl)c4)C3)cc2)CC1. The van der Waals surface area contributed by atoms with E-state index in [1.807, 2.05) is 19.1 Å². The first-order chi connectivity index (χ1) is 17.2. The number of anilines is 1. The fourth-order valence-corrected chi connectivity index (χ4v) is 6.41. The van der Waals surface area contributed by atoms with Crippen LogP contribution < -0.4 is 10.1 Å². The number of carbonyl (C=O) groups excluding carboxylic acids is 2. The molecule has 2 aromatic rings. The first-order valence-electron chi connectivity index (χ1n) is 12.2. The molecule has 1 saturated heterocycles. The third-order valence-electron chi connectivity index (χ3n) is 6.72. The highest BCUT2D eigenvalue weighted by Crippen LogP contribution is 2.49. The Bertz CT molecular complexity index is 1230. The highest BCUT2D eigenvalue weighted by Gasteiger charge is 2.52. The van der Waals surface area contributed by atoms with Crippen LogP contribution in [0.4, 0.5) is 5.69 Å². The van der Waals surface area contributed by atoms with Crippen molar-refractivity contribution >= 4 is 39.2 Å². The molecule has 1 N–H and O–H groups in total. The zero-order valence-electron chi connectivity index (χ0n) is 20.5. The Labute approximate surface area is 217 Å². The van der Waals surface area contributed by atoms with Crippen LogP contribution in [0.1, 0.15) is 45.1 Å². The number of nitrogens with one attached hydrogen (secondary N) is 1. The largest absolute Gasteiger partial charge is 0.492 e. The number of esters is 1. The lowest BCUT2D eigenvalue weighted by atomic mass is 9.95. The molecule has 194 valence electrons. The summed E-state index contributed by atoms with van der Waals surface area (Å²) in [5.41, 5.74) is 0.908. The molecule has 2 aromatic carbocycles. The summed E-state index contributed by atoms with van der Waals surface area (Å²) in [5, 5.41) is 3.12. The van der Waals surface area contributed by atoms with Gasteiger partial charge in [-0.25, -0.2) is 8.42 Å². The Morgan fingerprint density at radius 1 is 1.11 bits per heavy atom. The number of amides is 1. The monoisotopic (exact) mass is 534 g/mol. The van der Waals surface area contributed by atoms with Crippen LogP contribution in [0.3, 0.4) is 0 Å². The van der Waals surface area contributed by atoms with E-state index in [2.05, 4.69) is 5.32 Å². The van der Waals surface area contributed by atoms with Crippen molar-refractivity contribution < 1.29 is 27.5 Å². The molecular formula is C26H31ClN2O6S. The lowest BCUT2D eigenvalue weighted by Gasteiger charge is -2.31. The van der Waals surface area contributed by atoms with E-state index in [4.69, 9.17) is 21.1 Å². The van der Waals surface area contributed by atoms with Gasteiger partial charge in [0.25, 0.3) is 0 Å². The van der Waals surface area contributed by atoms with Gasteiger partial charge >= 0.3 is 5.97 Å². The Morgan fingerprint density at radius 3 is 2.44 bits per heavy atom. The predicted molar refractivity (Wildman–Crippen MR) is 137 cm³/mol. The summed E-state index contributed by atoms with van der Waals surface area (Å²) in [6.45, 7) is 4.79. The molecule has 36 heavy (non-hydrogen) atoms. The van der Waals surface area contributed by atoms with Crippen molar-refractivity contribution in [2.45, 2.75) is 49.8 Å². The summed E-state index contributed by atoms with van der Waals surface area (Å²) in [5.74, 6) is -0.506. The summed E-state index contributed by atoms with van der Waals surface area (Å²) in [7, 11) is -3.81. The summed E-state index contributed by atoms with van der Waals surface area (Å²) in [4.78, 5) is 25.4. The lowest BCUT2D eigenvalue weighted by Crippen LogP contribution is -2.43. The molecule has 10 heteroatoms. The number of piperidine rings is 1. The molecule has 0 radical (unpaired) electrons. The van der Waals surface area contributed by atoms with Gasteiger partial charge in [-0.05, 0) is 75.4 Å². The van der Waals surface area contributed by atoms with Crippen LogP contribution in [0.15, 0.2) is 47.4 Å². The average molecular weight is 535 g/mol. The fraction of sp³-hybridized carbons (Fsp3) is 0.462. The molecule has 1 amide bonds. The number of nitrogens with zero attached hydrogens (tertiary/aromatic N) is 1. The number of carbonyl (C=O) groups is 2. The van der Waals surface area contributed by atoms with E-state index in [1.165, 1.54) is 16.4 Å². The zero-order valence-corrected chi connectivity index (χ0v) is 22.0. The van der Waals surface area contributed by atoms with Crippen molar-refractivity contribution in [1.82, 2.24) is 4.31 Å². The van der Waals surface area contributed by atoms with E-state index in [9.17, 15) is 18.0 Å². The number of halogens is 1. The fourth-order valence-electron chi connectivity index (χ4n) is 4.56. The summed E-state index contributed by atoms with van der Waals surface area (Å²) < 4.78 is 38.4. The van der Waals surface area contributed by atoms with Crippen molar-refractivity contribution in [3.05, 3.63) is 53.1 Å². The maximum absolute atomic E-state index is 13.2. The third-order valence-corrected chi connectivity index (χ3v) is 8.87. The summed E-state index contributed by atoms with van der Waals surface area (Å²) >= 11 is 6.20. The lowest BCUT2D eigenvalue weighted by molar-refractivity contribution is -0.146. The molecule has 2 fully saturated rings. The quantitative estimate of drug-likeness (QED) is 0.479. The van der Waals surface area contributed by atoms with Gasteiger partial charge in [-0.3, -0.25) is 9.59 Å². The van der Waals surface area contributed by atoms with Crippen LogP contribution in [0, 0.1) is 5.92 Å². The van der Waals surface area contributed by atoms with E-state index in [1.54, 1.807) is 25.1 Å². The summed E-state index contributed by atoms with van der Waals surface area (Å²) in [6, 6.07) is 11.6. The van der Waals surface area contributed by atoms with Crippen LogP contribution >= 0.6 is 11.6 Å². The maximum Gasteiger partial charge on any atom is 0.316 e. The third kappa shape index (κ3) is 5.38. The molecule has 1 aliphatic carbocycles. The first kappa shape index (κ1) is 26.4. The van der Waals surface area contributed by atoms with Crippen molar-refractivity contribution in [3.63, 3.8) is 0 Å². The number of benzene rings is 2. The molecule has 0 bridgehead atoms. The normalized spacial score (nSPS) is 19.4. The van der Waals surface area contributed by atoms with Crippen LogP contribution in [0.5, 0.6) is 5.75 Å². The molecule has 0 unspecified atom stereocenters. The van der Waals surface area contributed by atoms with Crippen molar-refractivity contribution in [3.8, 4) is 5.75 Å². The second-order valence-corrected chi connectivity index (χ2v) is 11.4. The van der Waals surface area contributed by atoms with Gasteiger partial charge in [-0.2, -0.15) is 4.31 Å². The van der Waals surface area contributed by atoms with Crippen LogP contribution in [-0.4, -0.2) is 50.9 Å². The Hall–Kier alpha value is -2.62. The van der Waals surface area contributed by atoms with E-state index < -0.39 is 21.4 Å². The molecule has 1 atom stereocenters. The second kappa shape index (κ2) is 10.8. The van der Waals surface area contributed by atoms with Crippen LogP contribution in [0.25, 0.3) is 0 Å². The highest BCUT2D eigenvalue weighted by molar-refractivity contribution is 7.89. The molecule has 1 heterocycles. The minimum atomic E-state index is -3.81. The molecule has 1 saturated carbocycles. The van der Waals surface area contributed by atoms with Crippen molar-refractivity contribution in [1.29, 1.82) is 0 Å². The van der Waals surface area contributed by atoms with Gasteiger partial charge in [0.15, 0.2) is 0 Å². The molecule has 4 rings (SSSR count). The number of hydrogen-bond donors (Lipinski definition) is 1. The number of rotatable bonds is 9. The Balaban J connectivity index is 1.41. The Morgan fingerprint density at radius 2 is 1.83 bits per heavy atom. The van der Waals surface area contributed by atoms with Gasteiger partial charge in [-0.1, -0.05) is 23.7 Å². The standard InChI is InChI=1S/C26H31ClN2O6S/c1-3-34-23-12-11-21(16-22(23)27)36(32,33)29-15-5-6-18(17-29)24(30)28-20-9-7-19(8-10-20)26(13-14-26)25(31)35-4-2/h7-12,16,18H,3-6,13-15,17H2,1-2H3,(H,28,30)/t18-/m0/s1.